The topological polar surface area (TPSA) is 105 Å². The predicted molar refractivity (Wildman–Crippen MR) is 160 cm³/mol. The zero-order valence-corrected chi connectivity index (χ0v) is 25.4. The number of nitrogens with zero attached hydrogens (tertiary/aromatic N) is 2. The molecule has 0 fully saturated rings. The van der Waals surface area contributed by atoms with Gasteiger partial charge in [-0.05, 0) is 79.1 Å². The van der Waals surface area contributed by atoms with Crippen LogP contribution in [-0.2, 0) is 26.2 Å². The Balaban J connectivity index is 2.02. The molecule has 2 amide bonds. The quantitative estimate of drug-likeness (QED) is 0.303. The van der Waals surface area contributed by atoms with Gasteiger partial charge in [0, 0.05) is 18.1 Å². The van der Waals surface area contributed by atoms with Crippen molar-refractivity contribution in [3.05, 3.63) is 83.4 Å². The molecule has 9 nitrogen and oxygen atoms in total. The molecule has 11 heteroatoms. The van der Waals surface area contributed by atoms with Crippen molar-refractivity contribution in [1.82, 2.24) is 10.2 Å². The van der Waals surface area contributed by atoms with E-state index >= 15 is 0 Å². The maximum atomic E-state index is 14.0. The Morgan fingerprint density at radius 2 is 1.54 bits per heavy atom. The number of ether oxygens (including phenoxy) is 2. The zero-order valence-electron chi connectivity index (χ0n) is 23.8. The molecule has 1 N–H and O–H groups in total. The van der Waals surface area contributed by atoms with Gasteiger partial charge in [-0.2, -0.15) is 0 Å². The van der Waals surface area contributed by atoms with Gasteiger partial charge in [0.15, 0.2) is 0 Å². The van der Waals surface area contributed by atoms with Crippen molar-refractivity contribution >= 4 is 39.1 Å². The van der Waals surface area contributed by atoms with E-state index in [4.69, 9.17) is 21.1 Å². The average Bonchev–Trinajstić information content (AvgIpc) is 2.97. The number of benzene rings is 3. The molecule has 0 bridgehead atoms. The van der Waals surface area contributed by atoms with Crippen LogP contribution in [0, 0.1) is 5.92 Å². The van der Waals surface area contributed by atoms with E-state index in [0.29, 0.717) is 23.1 Å². The maximum absolute atomic E-state index is 14.0. The molecule has 3 aromatic carbocycles. The molecule has 0 unspecified atom stereocenters. The Bertz CT molecular complexity index is 1430. The third-order valence-corrected chi connectivity index (χ3v) is 8.42. The van der Waals surface area contributed by atoms with Crippen LogP contribution in [-0.4, -0.2) is 58.5 Å². The molecular weight excluding hydrogens is 566 g/mol. The third-order valence-electron chi connectivity index (χ3n) is 6.38. The van der Waals surface area contributed by atoms with Gasteiger partial charge in [-0.25, -0.2) is 8.42 Å². The van der Waals surface area contributed by atoms with E-state index in [-0.39, 0.29) is 29.0 Å². The van der Waals surface area contributed by atoms with Crippen LogP contribution in [0.25, 0.3) is 0 Å². The summed E-state index contributed by atoms with van der Waals surface area (Å²) in [5.74, 6) is 0.391. The molecule has 1 atom stereocenters. The van der Waals surface area contributed by atoms with Gasteiger partial charge in [0.1, 0.15) is 24.1 Å². The van der Waals surface area contributed by atoms with Crippen molar-refractivity contribution in [3.8, 4) is 11.5 Å². The number of halogens is 1. The molecule has 0 aliphatic carbocycles. The molecule has 0 aliphatic heterocycles. The van der Waals surface area contributed by atoms with Crippen molar-refractivity contribution in [3.63, 3.8) is 0 Å². The molecule has 220 valence electrons. The van der Waals surface area contributed by atoms with Crippen molar-refractivity contribution in [2.45, 2.75) is 38.3 Å². The lowest BCUT2D eigenvalue weighted by Gasteiger charge is -2.32. The van der Waals surface area contributed by atoms with Crippen LogP contribution in [0.1, 0.15) is 26.3 Å². The van der Waals surface area contributed by atoms with Crippen LogP contribution in [0.2, 0.25) is 5.02 Å². The Hall–Kier alpha value is -3.76. The zero-order chi connectivity index (χ0) is 30.2. The fourth-order valence-electron chi connectivity index (χ4n) is 4.01. The summed E-state index contributed by atoms with van der Waals surface area (Å²) >= 11 is 6.07. The van der Waals surface area contributed by atoms with E-state index in [2.05, 4.69) is 5.32 Å². The van der Waals surface area contributed by atoms with Crippen molar-refractivity contribution in [2.24, 2.45) is 5.92 Å². The molecule has 0 spiro atoms. The van der Waals surface area contributed by atoms with Gasteiger partial charge >= 0.3 is 0 Å². The summed E-state index contributed by atoms with van der Waals surface area (Å²) in [4.78, 5) is 28.4. The minimum atomic E-state index is -4.20. The first kappa shape index (κ1) is 31.8. The SMILES string of the molecule is COc1ccc(S(=O)(=O)N(CC(=O)N(Cc2cccc(OC)c2)[C@@H](C)C(=O)NCC(C)C)c2ccc(Cl)cc2)cc1. The molecule has 0 saturated carbocycles. The standard InChI is InChI=1S/C30H36ClN3O6S/c1-21(2)18-32-30(36)22(3)33(19-23-7-6-8-27(17-23)40-5)29(35)20-34(25-11-9-24(31)10-12-25)41(37,38)28-15-13-26(39-4)14-16-28/h6-17,21-22H,18-20H2,1-5H3,(H,32,36)/t22-/m0/s1. The predicted octanol–water partition coefficient (Wildman–Crippen LogP) is 4.74. The van der Waals surface area contributed by atoms with E-state index in [0.717, 1.165) is 9.87 Å². The lowest BCUT2D eigenvalue weighted by atomic mass is 10.1. The summed E-state index contributed by atoms with van der Waals surface area (Å²) in [6.07, 6.45) is 0. The van der Waals surface area contributed by atoms with E-state index in [1.165, 1.54) is 55.5 Å². The molecule has 0 saturated heterocycles. The number of hydrogen-bond acceptors (Lipinski definition) is 6. The second-order valence-corrected chi connectivity index (χ2v) is 12.2. The Morgan fingerprint density at radius 1 is 0.902 bits per heavy atom. The second-order valence-electron chi connectivity index (χ2n) is 9.85. The van der Waals surface area contributed by atoms with E-state index in [1.807, 2.05) is 19.9 Å². The number of carbonyl (C=O) groups is 2. The third kappa shape index (κ3) is 8.37. The van der Waals surface area contributed by atoms with Gasteiger partial charge in [-0.3, -0.25) is 13.9 Å². The first-order valence-corrected chi connectivity index (χ1v) is 14.9. The van der Waals surface area contributed by atoms with Crippen LogP contribution < -0.4 is 19.1 Å². The summed E-state index contributed by atoms with van der Waals surface area (Å²) in [6.45, 7) is 5.51. The summed E-state index contributed by atoms with van der Waals surface area (Å²) in [6, 6.07) is 18.3. The van der Waals surface area contributed by atoms with E-state index in [9.17, 15) is 18.0 Å². The van der Waals surface area contributed by atoms with Crippen LogP contribution in [0.3, 0.4) is 0 Å². The van der Waals surface area contributed by atoms with Crippen molar-refractivity contribution in [1.29, 1.82) is 0 Å². The molecule has 3 rings (SSSR count). The van der Waals surface area contributed by atoms with Gasteiger partial charge in [0.05, 0.1) is 24.8 Å². The average molecular weight is 602 g/mol. The normalized spacial score (nSPS) is 12.0. The molecule has 0 radical (unpaired) electrons. The lowest BCUT2D eigenvalue weighted by molar-refractivity contribution is -0.139. The fourth-order valence-corrected chi connectivity index (χ4v) is 5.55. The molecule has 3 aromatic rings. The highest BCUT2D eigenvalue weighted by Gasteiger charge is 2.32. The maximum Gasteiger partial charge on any atom is 0.264 e. The Kier molecular flexibility index (Phi) is 11.0. The van der Waals surface area contributed by atoms with Gasteiger partial charge < -0.3 is 19.7 Å². The van der Waals surface area contributed by atoms with E-state index in [1.54, 1.807) is 37.3 Å². The Morgan fingerprint density at radius 3 is 2.12 bits per heavy atom. The molecule has 41 heavy (non-hydrogen) atoms. The summed E-state index contributed by atoms with van der Waals surface area (Å²) in [7, 11) is -1.18. The molecule has 0 aliphatic rings. The number of carbonyl (C=O) groups excluding carboxylic acids is 2. The first-order valence-electron chi connectivity index (χ1n) is 13.1. The molecule has 0 aromatic heterocycles. The monoisotopic (exact) mass is 601 g/mol. The van der Waals surface area contributed by atoms with Crippen molar-refractivity contribution < 1.29 is 27.5 Å². The van der Waals surface area contributed by atoms with Gasteiger partial charge in [-0.1, -0.05) is 37.6 Å². The Labute approximate surface area is 247 Å². The highest BCUT2D eigenvalue weighted by Crippen LogP contribution is 2.27. The van der Waals surface area contributed by atoms with Crippen LogP contribution >= 0.6 is 11.6 Å². The highest BCUT2D eigenvalue weighted by molar-refractivity contribution is 7.92. The number of anilines is 1. The second kappa shape index (κ2) is 14.2. The number of rotatable bonds is 13. The minimum Gasteiger partial charge on any atom is -0.497 e. The molecule has 0 heterocycles. The highest BCUT2D eigenvalue weighted by atomic mass is 35.5. The smallest absolute Gasteiger partial charge is 0.264 e. The lowest BCUT2D eigenvalue weighted by Crippen LogP contribution is -2.51. The molecular formula is C30H36ClN3O6S. The fraction of sp³-hybridized carbons (Fsp3) is 0.333. The number of hydrogen-bond donors (Lipinski definition) is 1. The van der Waals surface area contributed by atoms with Gasteiger partial charge in [0.2, 0.25) is 11.8 Å². The summed E-state index contributed by atoms with van der Waals surface area (Å²) in [5.41, 5.74) is 0.967. The van der Waals surface area contributed by atoms with Crippen LogP contribution in [0.15, 0.2) is 77.7 Å². The largest absolute Gasteiger partial charge is 0.497 e. The number of amides is 2. The van der Waals surface area contributed by atoms with Crippen LogP contribution in [0.5, 0.6) is 11.5 Å². The summed E-state index contributed by atoms with van der Waals surface area (Å²) < 4.78 is 39.3. The number of nitrogens with one attached hydrogen (secondary N) is 1. The number of methoxy groups -OCH3 is 2. The van der Waals surface area contributed by atoms with Gasteiger partial charge in [-0.15, -0.1) is 0 Å². The number of sulfonamides is 1. The first-order chi connectivity index (χ1) is 19.5. The van der Waals surface area contributed by atoms with Crippen LogP contribution in [0.4, 0.5) is 5.69 Å². The minimum absolute atomic E-state index is 0.0249. The van der Waals surface area contributed by atoms with E-state index < -0.39 is 28.5 Å². The van der Waals surface area contributed by atoms with Crippen molar-refractivity contribution in [2.75, 3.05) is 31.6 Å². The van der Waals surface area contributed by atoms with Gasteiger partial charge in [0.25, 0.3) is 10.0 Å². The summed E-state index contributed by atoms with van der Waals surface area (Å²) in [5, 5.41) is 3.28.